The Balaban J connectivity index is 1.24. The molecule has 0 N–H and O–H groups in total. The molecular weight excluding hydrogens is 742 g/mol. The molecule has 0 aliphatic heterocycles. The average molecular weight is 807 g/mol. The van der Waals surface area contributed by atoms with Crippen molar-refractivity contribution >= 4 is 39.1 Å². The highest BCUT2D eigenvalue weighted by Crippen LogP contribution is 2.50. The number of esters is 4. The van der Waals surface area contributed by atoms with E-state index in [1.165, 1.54) is 0 Å². The number of rotatable bonds is 23. The van der Waals surface area contributed by atoms with Crippen molar-refractivity contribution in [2.24, 2.45) is 0 Å². The van der Waals surface area contributed by atoms with Gasteiger partial charge in [-0.25, -0.2) is 19.2 Å². The van der Waals surface area contributed by atoms with Gasteiger partial charge in [0.2, 0.25) is 0 Å². The van der Waals surface area contributed by atoms with Crippen LogP contribution >= 0.6 is 15.2 Å². The van der Waals surface area contributed by atoms with Crippen molar-refractivity contribution in [3.05, 3.63) is 0 Å². The Morgan fingerprint density at radius 2 is 0.574 bits per heavy atom. The molecule has 0 bridgehead atoms. The minimum absolute atomic E-state index is 0.0644. The molecule has 54 heavy (non-hydrogen) atoms. The van der Waals surface area contributed by atoms with Crippen molar-refractivity contribution in [2.75, 3.05) is 38.8 Å². The molecule has 4 aliphatic carbocycles. The summed E-state index contributed by atoms with van der Waals surface area (Å²) in [6.45, 7) is -2.24. The Labute approximate surface area is 321 Å². The lowest BCUT2D eigenvalue weighted by Crippen LogP contribution is -2.25. The minimum Gasteiger partial charge on any atom is -0.461 e. The van der Waals surface area contributed by atoms with Gasteiger partial charge in [-0.05, 0) is 116 Å². The molecule has 0 amide bonds. The summed E-state index contributed by atoms with van der Waals surface area (Å²) in [5.41, 5.74) is 0. The summed E-state index contributed by atoms with van der Waals surface area (Å²) in [6.07, 6.45) is 19.4. The number of ether oxygens (including phenoxy) is 4. The number of carbonyl (C=O) groups excluding carboxylic acids is 4. The molecule has 4 fully saturated rings. The summed E-state index contributed by atoms with van der Waals surface area (Å²) in [7, 11) is -7.80. The Bertz CT molecular complexity index is 1060. The maximum Gasteiger partial charge on any atom is 0.332 e. The van der Waals surface area contributed by atoms with Gasteiger partial charge in [-0.3, -0.25) is 27.2 Å². The van der Waals surface area contributed by atoms with Crippen LogP contribution in [0.3, 0.4) is 0 Å². The Kier molecular flexibility index (Phi) is 20.6. The van der Waals surface area contributed by atoms with Gasteiger partial charge in [0, 0.05) is 0 Å². The Morgan fingerprint density at radius 1 is 0.352 bits per heavy atom. The topological polar surface area (TPSA) is 176 Å². The summed E-state index contributed by atoms with van der Waals surface area (Å²) in [5, 5.41) is 0. The van der Waals surface area contributed by atoms with Crippen LogP contribution in [0.2, 0.25) is 0 Å². The summed E-state index contributed by atoms with van der Waals surface area (Å²) >= 11 is 0. The first-order valence-corrected chi connectivity index (χ1v) is 24.1. The third-order valence-electron chi connectivity index (χ3n) is 10.5. The molecule has 0 aromatic carbocycles. The zero-order valence-corrected chi connectivity index (χ0v) is 33.9. The van der Waals surface area contributed by atoms with Crippen LogP contribution in [0.1, 0.15) is 154 Å². The first kappa shape index (κ1) is 44.9. The zero-order valence-electron chi connectivity index (χ0n) is 32.1. The van der Waals surface area contributed by atoms with Crippen molar-refractivity contribution in [1.82, 2.24) is 0 Å². The van der Waals surface area contributed by atoms with Gasteiger partial charge in [-0.15, -0.1) is 0 Å². The third kappa shape index (κ3) is 18.4. The van der Waals surface area contributed by atoms with Crippen molar-refractivity contribution in [3.63, 3.8) is 0 Å². The van der Waals surface area contributed by atoms with E-state index in [0.717, 1.165) is 128 Å². The van der Waals surface area contributed by atoms with Crippen LogP contribution in [0.15, 0.2) is 0 Å². The van der Waals surface area contributed by atoms with E-state index in [9.17, 15) is 28.3 Å². The summed E-state index contributed by atoms with van der Waals surface area (Å²) < 4.78 is 71.6. The van der Waals surface area contributed by atoms with Crippen LogP contribution in [0, 0.1) is 0 Å². The SMILES string of the molecule is O=C(COP(=O)(CCCCCCP(=O)(OCC(=O)OC1CCCCC1)OCC(=O)OC1CCCCC1)OCC(=O)OC1CCCCC1)OC1CCCCC1. The van der Waals surface area contributed by atoms with E-state index in [0.29, 0.717) is 25.7 Å². The van der Waals surface area contributed by atoms with Crippen LogP contribution in [0.4, 0.5) is 0 Å². The molecule has 0 saturated heterocycles. The van der Waals surface area contributed by atoms with E-state index in [1.807, 2.05) is 0 Å². The molecule has 0 heterocycles. The van der Waals surface area contributed by atoms with Gasteiger partial charge in [0.15, 0.2) is 26.4 Å². The van der Waals surface area contributed by atoms with Gasteiger partial charge < -0.3 is 18.9 Å². The van der Waals surface area contributed by atoms with Gasteiger partial charge in [-0.2, -0.15) is 0 Å². The molecule has 0 spiro atoms. The molecule has 4 rings (SSSR count). The second-order valence-electron chi connectivity index (χ2n) is 15.2. The quantitative estimate of drug-likeness (QED) is 0.0416. The molecule has 0 aromatic heterocycles. The minimum atomic E-state index is -3.90. The van der Waals surface area contributed by atoms with E-state index in [4.69, 9.17) is 37.0 Å². The summed E-state index contributed by atoms with van der Waals surface area (Å²) in [4.78, 5) is 50.1. The van der Waals surface area contributed by atoms with Crippen LogP contribution < -0.4 is 0 Å². The molecule has 310 valence electrons. The van der Waals surface area contributed by atoms with E-state index in [-0.39, 0.29) is 36.7 Å². The standard InChI is InChI=1S/C38H64O14P2/c39-35(49-31-17-7-3-8-18-31)27-45-53(43,46-28-36(40)50-32-19-9-4-10-20-32)25-15-1-2-16-26-54(44,47-29-37(41)51-33-21-11-5-12-22-33)48-30-38(42)52-34-23-13-6-14-24-34/h31-34H,1-30H2. The second-order valence-corrected chi connectivity index (χ2v) is 19.5. The van der Waals surface area contributed by atoms with E-state index in [2.05, 4.69) is 0 Å². The van der Waals surface area contributed by atoms with Gasteiger partial charge in [0.25, 0.3) is 0 Å². The maximum absolute atomic E-state index is 13.7. The van der Waals surface area contributed by atoms with Crippen molar-refractivity contribution in [1.29, 1.82) is 0 Å². The molecule has 0 radical (unpaired) electrons. The van der Waals surface area contributed by atoms with Gasteiger partial charge in [0.05, 0.1) is 12.3 Å². The monoisotopic (exact) mass is 806 g/mol. The van der Waals surface area contributed by atoms with Crippen molar-refractivity contribution in [2.45, 2.75) is 179 Å². The Hall–Kier alpha value is -1.82. The molecular formula is C38H64O14P2. The van der Waals surface area contributed by atoms with Crippen LogP contribution in [0.25, 0.3) is 0 Å². The van der Waals surface area contributed by atoms with Crippen molar-refractivity contribution < 1.29 is 65.4 Å². The van der Waals surface area contributed by atoms with E-state index >= 15 is 0 Å². The zero-order chi connectivity index (χ0) is 38.5. The number of hydrogen-bond acceptors (Lipinski definition) is 14. The van der Waals surface area contributed by atoms with Crippen molar-refractivity contribution in [3.8, 4) is 0 Å². The normalized spacial score (nSPS) is 19.9. The number of carbonyl (C=O) groups is 4. The smallest absolute Gasteiger partial charge is 0.332 e. The molecule has 14 nitrogen and oxygen atoms in total. The summed E-state index contributed by atoms with van der Waals surface area (Å²) in [5.74, 6) is -2.51. The largest absolute Gasteiger partial charge is 0.461 e. The van der Waals surface area contributed by atoms with Gasteiger partial charge in [-0.1, -0.05) is 38.5 Å². The van der Waals surface area contributed by atoms with Gasteiger partial charge >= 0.3 is 39.1 Å². The lowest BCUT2D eigenvalue weighted by molar-refractivity contribution is -0.155. The molecule has 0 aromatic rings. The maximum atomic E-state index is 13.7. The first-order valence-electron chi connectivity index (χ1n) is 20.6. The molecule has 4 aliphatic rings. The third-order valence-corrected chi connectivity index (χ3v) is 14.3. The molecule has 4 saturated carbocycles. The number of hydrogen-bond donors (Lipinski definition) is 0. The van der Waals surface area contributed by atoms with Gasteiger partial charge in [0.1, 0.15) is 24.4 Å². The van der Waals surface area contributed by atoms with E-state index < -0.39 is 65.5 Å². The number of unbranched alkanes of at least 4 members (excludes halogenated alkanes) is 3. The highest BCUT2D eigenvalue weighted by molar-refractivity contribution is 7.54. The predicted molar refractivity (Wildman–Crippen MR) is 199 cm³/mol. The summed E-state index contributed by atoms with van der Waals surface area (Å²) in [6, 6.07) is 0. The predicted octanol–water partition coefficient (Wildman–Crippen LogP) is 8.50. The van der Waals surface area contributed by atoms with Crippen LogP contribution in [-0.2, 0) is 65.4 Å². The Morgan fingerprint density at radius 3 is 0.796 bits per heavy atom. The van der Waals surface area contributed by atoms with E-state index in [1.54, 1.807) is 0 Å². The fourth-order valence-corrected chi connectivity index (χ4v) is 10.6. The molecule has 16 heteroatoms. The molecule has 0 unspecified atom stereocenters. The second kappa shape index (κ2) is 24.7. The lowest BCUT2D eigenvalue weighted by atomic mass is 9.98. The average Bonchev–Trinajstić information content (AvgIpc) is 3.18. The fourth-order valence-electron chi connectivity index (χ4n) is 7.51. The highest BCUT2D eigenvalue weighted by atomic mass is 31.2. The van der Waals surface area contributed by atoms with Crippen LogP contribution in [-0.4, -0.2) is 87.0 Å². The first-order chi connectivity index (χ1) is 26.1. The lowest BCUT2D eigenvalue weighted by Gasteiger charge is -2.24. The highest BCUT2D eigenvalue weighted by Gasteiger charge is 2.31. The molecule has 0 atom stereocenters. The fraction of sp³-hybridized carbons (Fsp3) is 0.895. The van der Waals surface area contributed by atoms with Crippen LogP contribution in [0.5, 0.6) is 0 Å².